The number of hydrogen-bond acceptors (Lipinski definition) is 5. The van der Waals surface area contributed by atoms with Gasteiger partial charge in [0.25, 0.3) is 11.6 Å². The van der Waals surface area contributed by atoms with Crippen molar-refractivity contribution in [3.8, 4) is 5.75 Å². The number of nitro benzene ring substituents is 1. The Kier molecular flexibility index (Phi) is 6.28. The molecule has 2 heterocycles. The minimum absolute atomic E-state index is 0. The number of carbonyl (C=O) groups is 1. The number of amides is 1. The Balaban J connectivity index is 0.00000274. The first-order valence-corrected chi connectivity index (χ1v) is 11.1. The first-order chi connectivity index (χ1) is 15.9. The number of benzene rings is 3. The van der Waals surface area contributed by atoms with Crippen LogP contribution in [0.2, 0.25) is 0 Å². The maximum atomic E-state index is 13.5. The van der Waals surface area contributed by atoms with Gasteiger partial charge in [0, 0.05) is 30.4 Å². The first kappa shape index (κ1) is 23.3. The second-order valence-electron chi connectivity index (χ2n) is 8.61. The first-order valence-electron chi connectivity index (χ1n) is 11.1. The van der Waals surface area contributed by atoms with Crippen LogP contribution in [-0.4, -0.2) is 23.4 Å². The van der Waals surface area contributed by atoms with E-state index < -0.39 is 0 Å². The molecule has 3 aromatic rings. The van der Waals surface area contributed by atoms with Crippen LogP contribution in [0, 0.1) is 17.0 Å². The number of rotatable bonds is 5. The quantitative estimate of drug-likeness (QED) is 0.392. The van der Waals surface area contributed by atoms with E-state index in [0.717, 1.165) is 34.5 Å². The Morgan fingerprint density at radius 3 is 2.68 bits per heavy atom. The van der Waals surface area contributed by atoms with Crippen LogP contribution in [0.1, 0.15) is 47.0 Å². The van der Waals surface area contributed by atoms with Crippen LogP contribution < -0.4 is 15.0 Å². The van der Waals surface area contributed by atoms with Crippen molar-refractivity contribution in [3.05, 3.63) is 92.5 Å². The number of para-hydroxylation sites is 1. The molecule has 34 heavy (non-hydrogen) atoms. The molecule has 0 bridgehead atoms. The van der Waals surface area contributed by atoms with Crippen LogP contribution in [0.3, 0.4) is 0 Å². The molecule has 7 nitrogen and oxygen atoms in total. The Morgan fingerprint density at radius 2 is 1.91 bits per heavy atom. The number of aryl methyl sites for hydroxylation is 2. The summed E-state index contributed by atoms with van der Waals surface area (Å²) in [6, 6.07) is 16.9. The molecule has 1 N–H and O–H groups in total. The lowest BCUT2D eigenvalue weighted by atomic mass is 10.1. The molecular weight excluding hydrogens is 430 g/mol. The number of non-ortho nitro benzene ring substituents is 1. The van der Waals surface area contributed by atoms with Gasteiger partial charge in [-0.25, -0.2) is 0 Å². The lowest BCUT2D eigenvalue weighted by Gasteiger charge is -2.22. The van der Waals surface area contributed by atoms with E-state index in [0.29, 0.717) is 24.3 Å². The molecule has 0 radical (unpaired) electrons. The highest BCUT2D eigenvalue weighted by Crippen LogP contribution is 2.38. The van der Waals surface area contributed by atoms with E-state index in [2.05, 4.69) is 11.4 Å². The van der Waals surface area contributed by atoms with Crippen molar-refractivity contribution in [2.24, 2.45) is 0 Å². The van der Waals surface area contributed by atoms with Gasteiger partial charge in [-0.1, -0.05) is 38.6 Å². The highest BCUT2D eigenvalue weighted by Gasteiger charge is 2.37. The molecule has 0 spiro atoms. The van der Waals surface area contributed by atoms with Crippen LogP contribution in [0.4, 0.5) is 17.1 Å². The fourth-order valence-electron chi connectivity index (χ4n) is 4.72. The molecule has 1 amide bonds. The summed E-state index contributed by atoms with van der Waals surface area (Å²) < 4.78 is 6.06. The summed E-state index contributed by atoms with van der Waals surface area (Å²) in [6.45, 7) is 4.74. The summed E-state index contributed by atoms with van der Waals surface area (Å²) in [7, 11) is 0. The predicted octanol–water partition coefficient (Wildman–Crippen LogP) is 5.68. The summed E-state index contributed by atoms with van der Waals surface area (Å²) in [5.74, 6) is 0.645. The number of fused-ring (bicyclic) bond motifs is 4. The van der Waals surface area contributed by atoms with E-state index in [4.69, 9.17) is 4.74 Å². The van der Waals surface area contributed by atoms with E-state index in [-0.39, 0.29) is 36.6 Å². The van der Waals surface area contributed by atoms with Gasteiger partial charge >= 0.3 is 0 Å². The zero-order chi connectivity index (χ0) is 23.1. The number of nitrogens with one attached hydrogen (secondary N) is 1. The van der Waals surface area contributed by atoms with Gasteiger partial charge in [0.2, 0.25) is 0 Å². The number of nitrogens with zero attached hydrogens (tertiary/aromatic N) is 2. The average Bonchev–Trinajstić information content (AvgIpc) is 3.14. The molecule has 2 aliphatic rings. The maximum Gasteiger partial charge on any atom is 0.270 e. The van der Waals surface area contributed by atoms with E-state index in [9.17, 15) is 14.9 Å². The van der Waals surface area contributed by atoms with Crippen molar-refractivity contribution in [2.45, 2.75) is 46.8 Å². The van der Waals surface area contributed by atoms with Gasteiger partial charge in [0.1, 0.15) is 12.4 Å². The third-order valence-electron chi connectivity index (χ3n) is 6.42. The fraction of sp³-hybridized carbons (Fsp3) is 0.296. The van der Waals surface area contributed by atoms with Crippen LogP contribution in [0.15, 0.2) is 54.6 Å². The molecule has 0 aliphatic carbocycles. The molecule has 2 aliphatic heterocycles. The zero-order valence-corrected chi connectivity index (χ0v) is 18.6. The van der Waals surface area contributed by atoms with Gasteiger partial charge in [0.15, 0.2) is 0 Å². The number of nitro groups is 1. The normalized spacial score (nSPS) is 15.9. The average molecular weight is 460 g/mol. The summed E-state index contributed by atoms with van der Waals surface area (Å²) in [4.78, 5) is 26.3. The zero-order valence-electron chi connectivity index (χ0n) is 18.6. The van der Waals surface area contributed by atoms with Gasteiger partial charge in [-0.15, -0.1) is 0 Å². The van der Waals surface area contributed by atoms with E-state index in [1.54, 1.807) is 12.1 Å². The standard InChI is InChI=1S/C26H25N3O4.CH4/c1-3-17-9-18(11-20(10-17)29(31)32)15-33-25-13-23-22(8-16(25)2)26(30)28-21(14-27-23)12-19-6-4-5-7-24(19)28;/h4-11,13,21,27H,3,12,14-15H2,1-2H3;1H4/t21-;/m0./s1. The Labute approximate surface area is 199 Å². The molecule has 5 rings (SSSR count). The number of ether oxygens (including phenoxy) is 1. The monoisotopic (exact) mass is 459 g/mol. The smallest absolute Gasteiger partial charge is 0.270 e. The minimum atomic E-state index is -0.379. The minimum Gasteiger partial charge on any atom is -0.489 e. The van der Waals surface area contributed by atoms with Gasteiger partial charge in [-0.3, -0.25) is 14.9 Å². The largest absolute Gasteiger partial charge is 0.489 e. The summed E-state index contributed by atoms with van der Waals surface area (Å²) in [6.07, 6.45) is 1.54. The highest BCUT2D eigenvalue weighted by atomic mass is 16.6. The van der Waals surface area contributed by atoms with E-state index in [1.165, 1.54) is 5.56 Å². The fourth-order valence-corrected chi connectivity index (χ4v) is 4.72. The molecule has 3 aromatic carbocycles. The molecule has 0 fully saturated rings. The van der Waals surface area contributed by atoms with E-state index >= 15 is 0 Å². The van der Waals surface area contributed by atoms with Gasteiger partial charge < -0.3 is 15.0 Å². The Hall–Kier alpha value is -3.87. The van der Waals surface area contributed by atoms with Crippen molar-refractivity contribution in [1.82, 2.24) is 0 Å². The van der Waals surface area contributed by atoms with Crippen molar-refractivity contribution in [1.29, 1.82) is 0 Å². The molecule has 0 saturated heterocycles. The van der Waals surface area contributed by atoms with Crippen LogP contribution in [0.25, 0.3) is 0 Å². The van der Waals surface area contributed by atoms with Crippen LogP contribution in [0.5, 0.6) is 5.75 Å². The van der Waals surface area contributed by atoms with Crippen molar-refractivity contribution < 1.29 is 14.5 Å². The third kappa shape index (κ3) is 4.09. The number of carbonyl (C=O) groups excluding carboxylic acids is 1. The van der Waals surface area contributed by atoms with Gasteiger partial charge in [-0.2, -0.15) is 0 Å². The summed E-state index contributed by atoms with van der Waals surface area (Å²) in [5, 5.41) is 14.7. The van der Waals surface area contributed by atoms with Gasteiger partial charge in [-0.05, 0) is 54.2 Å². The predicted molar refractivity (Wildman–Crippen MR) is 134 cm³/mol. The Bertz CT molecular complexity index is 1270. The number of hydrogen-bond donors (Lipinski definition) is 1. The molecule has 0 saturated carbocycles. The molecular formula is C27H29N3O4. The van der Waals surface area contributed by atoms with Crippen molar-refractivity contribution >= 4 is 23.0 Å². The van der Waals surface area contributed by atoms with Gasteiger partial charge in [0.05, 0.1) is 22.2 Å². The summed E-state index contributed by atoms with van der Waals surface area (Å²) in [5.41, 5.74) is 6.11. The topological polar surface area (TPSA) is 84.7 Å². The number of anilines is 2. The molecule has 7 heteroatoms. The van der Waals surface area contributed by atoms with Crippen LogP contribution >= 0.6 is 0 Å². The second-order valence-corrected chi connectivity index (χ2v) is 8.61. The lowest BCUT2D eigenvalue weighted by Crippen LogP contribution is -2.39. The molecule has 1 atom stereocenters. The Morgan fingerprint density at radius 1 is 1.15 bits per heavy atom. The molecule has 0 unspecified atom stereocenters. The van der Waals surface area contributed by atoms with Crippen LogP contribution in [-0.2, 0) is 19.4 Å². The molecule has 0 aromatic heterocycles. The maximum absolute atomic E-state index is 13.5. The highest BCUT2D eigenvalue weighted by molar-refractivity contribution is 6.12. The second kappa shape index (κ2) is 9.17. The van der Waals surface area contributed by atoms with Crippen molar-refractivity contribution in [2.75, 3.05) is 16.8 Å². The molecule has 176 valence electrons. The third-order valence-corrected chi connectivity index (χ3v) is 6.42. The summed E-state index contributed by atoms with van der Waals surface area (Å²) >= 11 is 0. The van der Waals surface area contributed by atoms with E-state index in [1.807, 2.05) is 55.1 Å². The van der Waals surface area contributed by atoms with Crippen molar-refractivity contribution in [3.63, 3.8) is 0 Å². The SMILES string of the molecule is C.CCc1cc(COc2cc3c(cc2C)C(=O)N2c4ccccc4C[C@H]2CN3)cc([N+](=O)[O-])c1. The lowest BCUT2D eigenvalue weighted by molar-refractivity contribution is -0.385.